The molecule has 0 aliphatic rings. The van der Waals surface area contributed by atoms with Gasteiger partial charge in [0.25, 0.3) is 5.91 Å². The average Bonchev–Trinajstić information content (AvgIpc) is 2.80. The maximum Gasteiger partial charge on any atom is 0.332 e. The quantitative estimate of drug-likeness (QED) is 0.418. The number of benzene rings is 3. The van der Waals surface area contributed by atoms with E-state index in [1.807, 2.05) is 6.07 Å². The molecule has 9 heteroatoms. The van der Waals surface area contributed by atoms with Crippen molar-refractivity contribution in [2.75, 3.05) is 9.62 Å². The van der Waals surface area contributed by atoms with E-state index < -0.39 is 17.8 Å². The van der Waals surface area contributed by atoms with Gasteiger partial charge in [0.2, 0.25) is 0 Å². The normalized spacial score (nSPS) is 11.2. The number of rotatable bonds is 5. The summed E-state index contributed by atoms with van der Waals surface area (Å²) < 4.78 is 14.9. The summed E-state index contributed by atoms with van der Waals surface area (Å²) in [5.41, 5.74) is 1.87. The highest BCUT2D eigenvalue weighted by molar-refractivity contribution is 7.82. The third-order valence-corrected chi connectivity index (χ3v) is 5.36. The number of halogens is 2. The van der Waals surface area contributed by atoms with Crippen LogP contribution in [-0.4, -0.2) is 11.9 Å². The number of carbonyl (C=O) groups excluding carboxylic acids is 2. The first-order valence-electron chi connectivity index (χ1n) is 9.45. The van der Waals surface area contributed by atoms with Gasteiger partial charge >= 0.3 is 6.03 Å². The summed E-state index contributed by atoms with van der Waals surface area (Å²) >= 11 is 10.5. The Balaban J connectivity index is 1.67. The molecule has 32 heavy (non-hydrogen) atoms. The van der Waals surface area contributed by atoms with E-state index in [2.05, 4.69) is 23.4 Å². The van der Waals surface area contributed by atoms with Crippen molar-refractivity contribution in [3.63, 3.8) is 0 Å². The number of urea groups is 1. The van der Waals surface area contributed by atoms with Crippen LogP contribution in [-0.2, 0) is 0 Å². The van der Waals surface area contributed by atoms with Gasteiger partial charge in [-0.3, -0.25) is 4.79 Å². The zero-order chi connectivity index (χ0) is 23.3. The summed E-state index contributed by atoms with van der Waals surface area (Å²) in [6.07, 6.45) is 0. The van der Waals surface area contributed by atoms with Crippen LogP contribution >= 0.6 is 24.4 Å². The number of thiol groups is 1. The molecule has 0 saturated carbocycles. The summed E-state index contributed by atoms with van der Waals surface area (Å²) in [5, 5.41) is 14.4. The number of nitrogens with zero attached hydrogens (tertiary/aromatic N) is 2. The largest absolute Gasteiger partial charge is 0.332 e. The predicted octanol–water partition coefficient (Wildman–Crippen LogP) is 5.73. The molecule has 2 N–H and O–H groups in total. The highest BCUT2D eigenvalue weighted by Crippen LogP contribution is 2.29. The van der Waals surface area contributed by atoms with Gasteiger partial charge in [0.15, 0.2) is 0 Å². The van der Waals surface area contributed by atoms with Gasteiger partial charge in [0, 0.05) is 0 Å². The highest BCUT2D eigenvalue weighted by Gasteiger charge is 2.18. The van der Waals surface area contributed by atoms with Gasteiger partial charge in [-0.05, 0) is 55.0 Å². The van der Waals surface area contributed by atoms with Crippen LogP contribution < -0.4 is 14.9 Å². The number of amides is 3. The van der Waals surface area contributed by atoms with Gasteiger partial charge in [0.1, 0.15) is 5.82 Å². The Labute approximate surface area is 195 Å². The second kappa shape index (κ2) is 10.2. The lowest BCUT2D eigenvalue weighted by Gasteiger charge is -2.21. The fourth-order valence-electron chi connectivity index (χ4n) is 2.87. The smallest absolute Gasteiger partial charge is 0.330 e. The molecule has 3 aromatic rings. The number of nitriles is 1. The molecule has 0 saturated heterocycles. The summed E-state index contributed by atoms with van der Waals surface area (Å²) in [6, 6.07) is 18.2. The molecule has 0 aliphatic heterocycles. The van der Waals surface area contributed by atoms with E-state index >= 15 is 0 Å². The Morgan fingerprint density at radius 2 is 1.81 bits per heavy atom. The zero-order valence-corrected chi connectivity index (χ0v) is 18.5. The van der Waals surface area contributed by atoms with Crippen LogP contribution in [0.3, 0.4) is 0 Å². The van der Waals surface area contributed by atoms with Crippen LogP contribution in [0.4, 0.5) is 20.6 Å². The first-order chi connectivity index (χ1) is 15.3. The molecular weight excluding hydrogens is 451 g/mol. The number of nitrogens with one attached hydrogen (secondary N) is 2. The number of hydrogen-bond donors (Lipinski definition) is 3. The van der Waals surface area contributed by atoms with Crippen molar-refractivity contribution in [2.45, 2.75) is 13.0 Å². The SMILES string of the molecule is CC(NC(=O)N(S)c1ccc(NC(=O)c2ccccc2F)c(Cl)c1)c1ccc(C#N)cc1. The minimum Gasteiger partial charge on any atom is -0.330 e. The highest BCUT2D eigenvalue weighted by atomic mass is 35.5. The Morgan fingerprint density at radius 1 is 1.12 bits per heavy atom. The predicted molar refractivity (Wildman–Crippen MR) is 125 cm³/mol. The van der Waals surface area contributed by atoms with E-state index in [0.29, 0.717) is 11.3 Å². The maximum atomic E-state index is 13.8. The fraction of sp³-hybridized carbons (Fsp3) is 0.0870. The molecule has 3 aromatic carbocycles. The molecule has 0 bridgehead atoms. The third-order valence-electron chi connectivity index (χ3n) is 4.64. The van der Waals surface area contributed by atoms with Gasteiger partial charge in [0.05, 0.1) is 39.6 Å². The zero-order valence-electron chi connectivity index (χ0n) is 16.8. The topological polar surface area (TPSA) is 85.2 Å². The van der Waals surface area contributed by atoms with Gasteiger partial charge < -0.3 is 10.6 Å². The first-order valence-corrected chi connectivity index (χ1v) is 10.2. The van der Waals surface area contributed by atoms with Crippen molar-refractivity contribution in [3.8, 4) is 6.07 Å². The van der Waals surface area contributed by atoms with Crippen LogP contribution in [0.2, 0.25) is 5.02 Å². The molecule has 1 unspecified atom stereocenters. The number of anilines is 2. The molecule has 3 rings (SSSR count). The first kappa shape index (κ1) is 23.1. The van der Waals surface area contributed by atoms with Crippen molar-refractivity contribution in [3.05, 3.63) is 94.3 Å². The van der Waals surface area contributed by atoms with Crippen molar-refractivity contribution >= 4 is 47.7 Å². The lowest BCUT2D eigenvalue weighted by molar-refractivity contribution is 0.102. The lowest BCUT2D eigenvalue weighted by Crippen LogP contribution is -2.35. The molecule has 0 aliphatic carbocycles. The van der Waals surface area contributed by atoms with E-state index in [1.54, 1.807) is 43.3 Å². The minimum absolute atomic E-state index is 0.111. The van der Waals surface area contributed by atoms with Crippen molar-refractivity contribution in [2.24, 2.45) is 0 Å². The maximum absolute atomic E-state index is 13.8. The molecule has 0 spiro atoms. The second-order valence-corrected chi connectivity index (χ2v) is 7.62. The third kappa shape index (κ3) is 5.38. The summed E-state index contributed by atoms with van der Waals surface area (Å²) in [4.78, 5) is 24.9. The van der Waals surface area contributed by atoms with Crippen molar-refractivity contribution in [1.82, 2.24) is 5.32 Å². The molecular formula is C23H18ClFN4O2S. The number of carbonyl (C=O) groups is 2. The van der Waals surface area contributed by atoms with Gasteiger partial charge in [-0.15, -0.1) is 0 Å². The molecule has 0 aromatic heterocycles. The molecule has 1 atom stereocenters. The van der Waals surface area contributed by atoms with Gasteiger partial charge in [-0.2, -0.15) is 5.26 Å². The number of hydrogen-bond acceptors (Lipinski definition) is 4. The summed E-state index contributed by atoms with van der Waals surface area (Å²) in [7, 11) is 0. The van der Waals surface area contributed by atoms with E-state index in [0.717, 1.165) is 9.87 Å². The van der Waals surface area contributed by atoms with Crippen LogP contribution in [0.1, 0.15) is 34.5 Å². The fourth-order valence-corrected chi connectivity index (χ4v) is 3.27. The molecule has 6 nitrogen and oxygen atoms in total. The molecule has 0 radical (unpaired) electrons. The van der Waals surface area contributed by atoms with Crippen LogP contribution in [0.15, 0.2) is 66.7 Å². The summed E-state index contributed by atoms with van der Waals surface area (Å²) in [6.45, 7) is 1.80. The lowest BCUT2D eigenvalue weighted by atomic mass is 10.1. The molecule has 0 fully saturated rings. The van der Waals surface area contributed by atoms with Crippen molar-refractivity contribution in [1.29, 1.82) is 5.26 Å². The molecule has 3 amide bonds. The van der Waals surface area contributed by atoms with E-state index in [9.17, 15) is 14.0 Å². The van der Waals surface area contributed by atoms with Gasteiger partial charge in [-0.25, -0.2) is 13.5 Å². The Hall–Kier alpha value is -3.54. The second-order valence-electron chi connectivity index (χ2n) is 6.81. The van der Waals surface area contributed by atoms with Crippen molar-refractivity contribution < 1.29 is 14.0 Å². The van der Waals surface area contributed by atoms with Crippen LogP contribution in [0, 0.1) is 17.1 Å². The Morgan fingerprint density at radius 3 is 2.44 bits per heavy atom. The van der Waals surface area contributed by atoms with Crippen LogP contribution in [0.5, 0.6) is 0 Å². The monoisotopic (exact) mass is 468 g/mol. The average molecular weight is 469 g/mol. The minimum atomic E-state index is -0.646. The Kier molecular flexibility index (Phi) is 7.36. The van der Waals surface area contributed by atoms with E-state index in [-0.39, 0.29) is 22.3 Å². The summed E-state index contributed by atoms with van der Waals surface area (Å²) in [5.74, 6) is -1.29. The van der Waals surface area contributed by atoms with E-state index in [1.165, 1.54) is 30.3 Å². The molecule has 0 heterocycles. The standard InChI is InChI=1S/C23H18ClFN4O2S/c1-14(16-8-6-15(13-26)7-9-16)27-23(31)29(32)17-10-11-21(19(24)12-17)28-22(30)18-4-2-3-5-20(18)25/h2-12,14,32H,1H3,(H,27,31)(H,28,30). The van der Waals surface area contributed by atoms with Gasteiger partial charge in [-0.1, -0.05) is 48.7 Å². The van der Waals surface area contributed by atoms with Crippen LogP contribution in [0.25, 0.3) is 0 Å². The Bertz CT molecular complexity index is 1200. The van der Waals surface area contributed by atoms with E-state index in [4.69, 9.17) is 16.9 Å². The molecule has 162 valence electrons.